The molecular weight excluding hydrogens is 316 g/mol. The third kappa shape index (κ3) is 8.66. The molecule has 20 heavy (non-hydrogen) atoms. The maximum Gasteiger partial charge on any atom is 0.421 e. The fourth-order valence-electron chi connectivity index (χ4n) is 1.05. The summed E-state index contributed by atoms with van der Waals surface area (Å²) in [5.41, 5.74) is 0. The van der Waals surface area contributed by atoms with Gasteiger partial charge in [0, 0.05) is 6.26 Å². The van der Waals surface area contributed by atoms with Gasteiger partial charge in [0.05, 0.1) is 12.4 Å². The van der Waals surface area contributed by atoms with E-state index in [4.69, 9.17) is 5.11 Å². The molecule has 0 aromatic rings. The molecule has 0 aliphatic heterocycles. The Morgan fingerprint density at radius 1 is 1.25 bits per heavy atom. The Balaban J connectivity index is 4.74. The van der Waals surface area contributed by atoms with Crippen LogP contribution < -0.4 is 9.44 Å². The first-order valence-corrected chi connectivity index (χ1v) is 8.88. The smallest absolute Gasteiger partial charge is 0.421 e. The minimum Gasteiger partial charge on any atom is -0.480 e. The summed E-state index contributed by atoms with van der Waals surface area (Å²) in [5, 5.41) is 8.81. The van der Waals surface area contributed by atoms with E-state index >= 15 is 0 Å². The van der Waals surface area contributed by atoms with Crippen molar-refractivity contribution in [2.45, 2.75) is 19.4 Å². The summed E-state index contributed by atoms with van der Waals surface area (Å²) in [6.45, 7) is 1.38. The minimum absolute atomic E-state index is 0.0716. The molecular formula is C8H16N2O8S2. The second-order valence-electron chi connectivity index (χ2n) is 3.75. The van der Waals surface area contributed by atoms with Gasteiger partial charge >= 0.3 is 22.3 Å². The molecule has 0 rings (SSSR count). The Bertz CT molecular complexity index is 553. The molecule has 1 unspecified atom stereocenters. The molecule has 0 fully saturated rings. The molecule has 0 aromatic carbocycles. The fourth-order valence-corrected chi connectivity index (χ4v) is 2.65. The molecule has 3 N–H and O–H groups in total. The number of nitrogens with one attached hydrogen (secondary N) is 2. The summed E-state index contributed by atoms with van der Waals surface area (Å²) in [6.07, 6.45) is -0.859. The molecule has 0 saturated heterocycles. The lowest BCUT2D eigenvalue weighted by molar-refractivity contribution is -0.139. The highest BCUT2D eigenvalue weighted by atomic mass is 32.2. The summed E-state index contributed by atoms with van der Waals surface area (Å²) >= 11 is 0. The first kappa shape index (κ1) is 18.6. The first-order chi connectivity index (χ1) is 8.97. The summed E-state index contributed by atoms with van der Waals surface area (Å²) in [6, 6.07) is -1.68. The number of hydrogen-bond donors (Lipinski definition) is 3. The van der Waals surface area contributed by atoms with Crippen LogP contribution in [0, 0.1) is 0 Å². The van der Waals surface area contributed by atoms with Crippen LogP contribution >= 0.6 is 0 Å². The lowest BCUT2D eigenvalue weighted by Crippen LogP contribution is -2.48. The summed E-state index contributed by atoms with van der Waals surface area (Å²) in [4.78, 5) is 21.8. The van der Waals surface area contributed by atoms with Crippen LogP contribution in [0.1, 0.15) is 13.3 Å². The molecule has 0 aliphatic rings. The molecule has 10 nitrogen and oxygen atoms in total. The Kier molecular flexibility index (Phi) is 6.88. The van der Waals surface area contributed by atoms with Gasteiger partial charge in [-0.05, 0) is 13.3 Å². The lowest BCUT2D eigenvalue weighted by atomic mass is 10.2. The highest BCUT2D eigenvalue weighted by Crippen LogP contribution is 1.99. The number of hydrogen-bond acceptors (Lipinski definition) is 7. The van der Waals surface area contributed by atoms with Crippen LogP contribution in [0.25, 0.3) is 0 Å². The van der Waals surface area contributed by atoms with Crippen molar-refractivity contribution >= 4 is 32.1 Å². The van der Waals surface area contributed by atoms with Crippen molar-refractivity contribution in [2.75, 3.05) is 18.6 Å². The third-order valence-corrected chi connectivity index (χ3v) is 3.87. The van der Waals surface area contributed by atoms with Crippen molar-refractivity contribution in [2.24, 2.45) is 0 Å². The SMILES string of the molecule is CCOC(=O)NS(=O)(=O)NC(CCS(C)(=O)=O)C(=O)O. The molecule has 0 saturated carbocycles. The zero-order valence-corrected chi connectivity index (χ0v) is 12.5. The van der Waals surface area contributed by atoms with Gasteiger partial charge in [0.1, 0.15) is 15.9 Å². The van der Waals surface area contributed by atoms with E-state index in [1.54, 1.807) is 4.72 Å². The van der Waals surface area contributed by atoms with E-state index in [-0.39, 0.29) is 6.61 Å². The van der Waals surface area contributed by atoms with Crippen LogP contribution in [0.4, 0.5) is 4.79 Å². The van der Waals surface area contributed by atoms with Gasteiger partial charge in [0.25, 0.3) is 0 Å². The summed E-state index contributed by atoms with van der Waals surface area (Å²) < 4.78 is 52.1. The van der Waals surface area contributed by atoms with Crippen LogP contribution in [-0.2, 0) is 29.6 Å². The number of rotatable bonds is 8. The standard InChI is InChI=1S/C8H16N2O8S2/c1-3-18-8(13)10-20(16,17)9-6(7(11)12)4-5-19(2,14)15/h6,9H,3-5H2,1-2H3,(H,10,13)(H,11,12). The number of sulfone groups is 1. The summed E-state index contributed by atoms with van der Waals surface area (Å²) in [7, 11) is -7.92. The predicted molar refractivity (Wildman–Crippen MR) is 68.0 cm³/mol. The normalized spacial score (nSPS) is 13.5. The molecule has 1 amide bonds. The molecule has 0 spiro atoms. The van der Waals surface area contributed by atoms with Gasteiger partial charge < -0.3 is 9.84 Å². The van der Waals surface area contributed by atoms with Crippen molar-refractivity contribution < 1.29 is 36.3 Å². The van der Waals surface area contributed by atoms with Crippen LogP contribution in [0.5, 0.6) is 0 Å². The highest BCUT2D eigenvalue weighted by Gasteiger charge is 2.26. The topological polar surface area (TPSA) is 156 Å². The Hall–Kier alpha value is -1.40. The second kappa shape index (κ2) is 7.40. The molecule has 0 heterocycles. The molecule has 1 atom stereocenters. The number of amides is 1. The fraction of sp³-hybridized carbons (Fsp3) is 0.750. The van der Waals surface area contributed by atoms with Crippen molar-refractivity contribution in [1.29, 1.82) is 0 Å². The number of ether oxygens (including phenoxy) is 1. The van der Waals surface area contributed by atoms with Gasteiger partial charge in [0.15, 0.2) is 0 Å². The van der Waals surface area contributed by atoms with Gasteiger partial charge in [-0.1, -0.05) is 0 Å². The van der Waals surface area contributed by atoms with E-state index in [0.29, 0.717) is 0 Å². The molecule has 0 aromatic heterocycles. The average molecular weight is 332 g/mol. The van der Waals surface area contributed by atoms with E-state index in [2.05, 4.69) is 4.74 Å². The van der Waals surface area contributed by atoms with E-state index in [9.17, 15) is 26.4 Å². The number of aliphatic carboxylic acids is 1. The van der Waals surface area contributed by atoms with Crippen LogP contribution in [0.3, 0.4) is 0 Å². The Labute approximate surface area is 116 Å². The highest BCUT2D eigenvalue weighted by molar-refractivity contribution is 7.90. The maximum absolute atomic E-state index is 11.4. The molecule has 0 bridgehead atoms. The number of carbonyl (C=O) groups excluding carboxylic acids is 1. The second-order valence-corrected chi connectivity index (χ2v) is 7.46. The predicted octanol–water partition coefficient (Wildman–Crippen LogP) is -1.55. The zero-order valence-electron chi connectivity index (χ0n) is 10.8. The Morgan fingerprint density at radius 3 is 2.20 bits per heavy atom. The number of carboxylic acid groups (broad SMARTS) is 1. The number of carbonyl (C=O) groups is 2. The van der Waals surface area contributed by atoms with Gasteiger partial charge in [-0.3, -0.25) is 4.79 Å². The van der Waals surface area contributed by atoms with E-state index in [1.165, 1.54) is 11.6 Å². The molecule has 118 valence electrons. The summed E-state index contributed by atoms with van der Waals surface area (Å²) in [5.74, 6) is -2.09. The molecule has 0 radical (unpaired) electrons. The average Bonchev–Trinajstić information content (AvgIpc) is 2.21. The van der Waals surface area contributed by atoms with Gasteiger partial charge in [-0.15, -0.1) is 0 Å². The van der Waals surface area contributed by atoms with Gasteiger partial charge in [-0.25, -0.2) is 17.9 Å². The monoisotopic (exact) mass is 332 g/mol. The zero-order chi connectivity index (χ0) is 16.0. The van der Waals surface area contributed by atoms with Crippen molar-refractivity contribution in [1.82, 2.24) is 9.44 Å². The van der Waals surface area contributed by atoms with E-state index in [0.717, 1.165) is 6.26 Å². The lowest BCUT2D eigenvalue weighted by Gasteiger charge is -2.14. The minimum atomic E-state index is -4.47. The number of carboxylic acids is 1. The molecule has 0 aliphatic carbocycles. The van der Waals surface area contributed by atoms with Crippen molar-refractivity contribution in [3.05, 3.63) is 0 Å². The van der Waals surface area contributed by atoms with E-state index < -0.39 is 50.3 Å². The van der Waals surface area contributed by atoms with Gasteiger partial charge in [0.2, 0.25) is 0 Å². The first-order valence-electron chi connectivity index (χ1n) is 5.34. The van der Waals surface area contributed by atoms with Crippen molar-refractivity contribution in [3.63, 3.8) is 0 Å². The van der Waals surface area contributed by atoms with Crippen LogP contribution in [-0.4, -0.2) is 58.7 Å². The quantitative estimate of drug-likeness (QED) is 0.482. The molecule has 12 heteroatoms. The Morgan fingerprint density at radius 2 is 1.80 bits per heavy atom. The van der Waals surface area contributed by atoms with Crippen LogP contribution in [0.15, 0.2) is 0 Å². The van der Waals surface area contributed by atoms with Gasteiger partial charge in [-0.2, -0.15) is 13.1 Å². The maximum atomic E-state index is 11.4. The van der Waals surface area contributed by atoms with E-state index in [1.807, 2.05) is 0 Å². The van der Waals surface area contributed by atoms with Crippen molar-refractivity contribution in [3.8, 4) is 0 Å². The van der Waals surface area contributed by atoms with Crippen LogP contribution in [0.2, 0.25) is 0 Å². The third-order valence-electron chi connectivity index (χ3n) is 1.87. The largest absolute Gasteiger partial charge is 0.480 e.